The van der Waals surface area contributed by atoms with Gasteiger partial charge in [0.15, 0.2) is 0 Å². The maximum Gasteiger partial charge on any atom is 0.573 e. The summed E-state index contributed by atoms with van der Waals surface area (Å²) in [7, 11) is 0. The average molecular weight is 360 g/mol. The first-order chi connectivity index (χ1) is 9.87. The van der Waals surface area contributed by atoms with Gasteiger partial charge in [0.2, 0.25) is 0 Å². The van der Waals surface area contributed by atoms with Gasteiger partial charge in [-0.25, -0.2) is 0 Å². The zero-order chi connectivity index (χ0) is 15.5. The number of anilines is 1. The van der Waals surface area contributed by atoms with Crippen molar-refractivity contribution in [2.75, 3.05) is 5.32 Å². The molecule has 0 spiro atoms. The van der Waals surface area contributed by atoms with Crippen LogP contribution < -0.4 is 10.1 Å². The minimum absolute atomic E-state index is 0.190. The molecule has 0 bridgehead atoms. The van der Waals surface area contributed by atoms with Gasteiger partial charge in [-0.2, -0.15) is 0 Å². The van der Waals surface area contributed by atoms with Crippen LogP contribution in [0.15, 0.2) is 46.9 Å². The molecule has 21 heavy (non-hydrogen) atoms. The molecule has 0 fully saturated rings. The smallest absolute Gasteiger partial charge is 0.405 e. The van der Waals surface area contributed by atoms with Crippen molar-refractivity contribution in [2.45, 2.75) is 19.8 Å². The number of alkyl halides is 3. The zero-order valence-corrected chi connectivity index (χ0v) is 12.8. The Labute approximate surface area is 129 Å². The SMILES string of the molecule is Cc1c(Br)cccc1NCc1ccccc1OC(F)(F)F. The molecule has 0 heterocycles. The van der Waals surface area contributed by atoms with Gasteiger partial charge in [0.05, 0.1) is 0 Å². The molecule has 2 nitrogen and oxygen atoms in total. The minimum atomic E-state index is -4.69. The summed E-state index contributed by atoms with van der Waals surface area (Å²) in [6, 6.07) is 11.7. The summed E-state index contributed by atoms with van der Waals surface area (Å²) < 4.78 is 42.0. The van der Waals surface area contributed by atoms with E-state index >= 15 is 0 Å². The van der Waals surface area contributed by atoms with Gasteiger partial charge in [0, 0.05) is 22.3 Å². The molecule has 0 aromatic heterocycles. The molecule has 0 unspecified atom stereocenters. The van der Waals surface area contributed by atoms with Crippen LogP contribution in [0.25, 0.3) is 0 Å². The lowest BCUT2D eigenvalue weighted by Gasteiger charge is -2.15. The summed E-state index contributed by atoms with van der Waals surface area (Å²) in [6.07, 6.45) is -4.69. The summed E-state index contributed by atoms with van der Waals surface area (Å²) in [4.78, 5) is 0. The molecular weight excluding hydrogens is 347 g/mol. The maximum absolute atomic E-state index is 12.4. The van der Waals surface area contributed by atoms with Gasteiger partial charge in [-0.3, -0.25) is 0 Å². The Morgan fingerprint density at radius 2 is 1.81 bits per heavy atom. The van der Waals surface area contributed by atoms with Gasteiger partial charge in [-0.1, -0.05) is 40.2 Å². The Morgan fingerprint density at radius 1 is 1.10 bits per heavy atom. The summed E-state index contributed by atoms with van der Waals surface area (Å²) in [6.45, 7) is 2.16. The van der Waals surface area contributed by atoms with Gasteiger partial charge < -0.3 is 10.1 Å². The highest BCUT2D eigenvalue weighted by Gasteiger charge is 2.31. The van der Waals surface area contributed by atoms with Crippen LogP contribution in [0.3, 0.4) is 0 Å². The number of rotatable bonds is 4. The molecule has 6 heteroatoms. The fourth-order valence-electron chi connectivity index (χ4n) is 1.86. The minimum Gasteiger partial charge on any atom is -0.405 e. The molecular formula is C15H13BrF3NO. The van der Waals surface area contributed by atoms with Crippen LogP contribution in [0.5, 0.6) is 5.75 Å². The first-order valence-corrected chi connectivity index (χ1v) is 6.99. The van der Waals surface area contributed by atoms with E-state index < -0.39 is 6.36 Å². The van der Waals surface area contributed by atoms with E-state index in [4.69, 9.17) is 0 Å². The van der Waals surface area contributed by atoms with Crippen LogP contribution in [-0.4, -0.2) is 6.36 Å². The first kappa shape index (κ1) is 15.7. The first-order valence-electron chi connectivity index (χ1n) is 6.19. The largest absolute Gasteiger partial charge is 0.573 e. The molecule has 0 atom stereocenters. The third kappa shape index (κ3) is 4.39. The van der Waals surface area contributed by atoms with Crippen molar-refractivity contribution in [3.63, 3.8) is 0 Å². The van der Waals surface area contributed by atoms with Crippen molar-refractivity contribution in [2.24, 2.45) is 0 Å². The number of halogens is 4. The Morgan fingerprint density at radius 3 is 2.52 bits per heavy atom. The van der Waals surface area contributed by atoms with Gasteiger partial charge in [0.25, 0.3) is 0 Å². The summed E-state index contributed by atoms with van der Waals surface area (Å²) in [5, 5.41) is 3.12. The highest BCUT2D eigenvalue weighted by Crippen LogP contribution is 2.28. The Kier molecular flexibility index (Phi) is 4.77. The summed E-state index contributed by atoms with van der Waals surface area (Å²) in [5.41, 5.74) is 2.28. The van der Waals surface area contributed by atoms with E-state index in [-0.39, 0.29) is 12.3 Å². The molecule has 112 valence electrons. The molecule has 0 saturated carbocycles. The quantitative estimate of drug-likeness (QED) is 0.802. The summed E-state index contributed by atoms with van der Waals surface area (Å²) in [5.74, 6) is -0.190. The van der Waals surface area contributed by atoms with E-state index in [0.29, 0.717) is 5.56 Å². The van der Waals surface area contributed by atoms with Crippen molar-refractivity contribution in [1.82, 2.24) is 0 Å². The second-order valence-electron chi connectivity index (χ2n) is 4.42. The topological polar surface area (TPSA) is 21.3 Å². The molecule has 2 aromatic rings. The van der Waals surface area contributed by atoms with Gasteiger partial charge in [-0.15, -0.1) is 13.2 Å². The lowest BCUT2D eigenvalue weighted by molar-refractivity contribution is -0.274. The van der Waals surface area contributed by atoms with Crippen molar-refractivity contribution in [1.29, 1.82) is 0 Å². The third-order valence-electron chi connectivity index (χ3n) is 2.94. The number of ether oxygens (including phenoxy) is 1. The van der Waals surface area contributed by atoms with Gasteiger partial charge >= 0.3 is 6.36 Å². The molecule has 2 rings (SSSR count). The molecule has 0 saturated heterocycles. The maximum atomic E-state index is 12.4. The van der Waals surface area contributed by atoms with Crippen LogP contribution in [0.2, 0.25) is 0 Å². The fourth-order valence-corrected chi connectivity index (χ4v) is 2.23. The van der Waals surface area contributed by atoms with E-state index in [0.717, 1.165) is 15.7 Å². The predicted octanol–water partition coefficient (Wildman–Crippen LogP) is 5.27. The second kappa shape index (κ2) is 6.39. The molecule has 1 N–H and O–H groups in total. The number of hydrogen-bond donors (Lipinski definition) is 1. The van der Waals surface area contributed by atoms with Crippen LogP contribution in [0, 0.1) is 6.92 Å². The zero-order valence-electron chi connectivity index (χ0n) is 11.2. The van der Waals surface area contributed by atoms with Crippen LogP contribution in [0.1, 0.15) is 11.1 Å². The monoisotopic (exact) mass is 359 g/mol. The molecule has 0 aliphatic carbocycles. The lowest BCUT2D eigenvalue weighted by atomic mass is 10.1. The third-order valence-corrected chi connectivity index (χ3v) is 3.79. The number of nitrogens with one attached hydrogen (secondary N) is 1. The summed E-state index contributed by atoms with van der Waals surface area (Å²) >= 11 is 3.41. The Balaban J connectivity index is 2.15. The highest BCUT2D eigenvalue weighted by atomic mass is 79.9. The molecule has 0 radical (unpaired) electrons. The van der Waals surface area contributed by atoms with Gasteiger partial charge in [-0.05, 0) is 30.7 Å². The van der Waals surface area contributed by atoms with E-state index in [1.807, 2.05) is 25.1 Å². The number of para-hydroxylation sites is 1. The normalized spacial score (nSPS) is 11.3. The predicted molar refractivity (Wildman–Crippen MR) is 79.3 cm³/mol. The molecule has 0 aliphatic rings. The molecule has 0 aliphatic heterocycles. The van der Waals surface area contributed by atoms with Crippen LogP contribution in [0.4, 0.5) is 18.9 Å². The van der Waals surface area contributed by atoms with Crippen molar-refractivity contribution in [3.8, 4) is 5.75 Å². The van der Waals surface area contributed by atoms with E-state index in [1.54, 1.807) is 12.1 Å². The van der Waals surface area contributed by atoms with E-state index in [1.165, 1.54) is 12.1 Å². The fraction of sp³-hybridized carbons (Fsp3) is 0.200. The van der Waals surface area contributed by atoms with Crippen molar-refractivity contribution < 1.29 is 17.9 Å². The number of benzene rings is 2. The van der Waals surface area contributed by atoms with Crippen molar-refractivity contribution in [3.05, 3.63) is 58.1 Å². The van der Waals surface area contributed by atoms with Gasteiger partial charge in [0.1, 0.15) is 5.75 Å². The Hall–Kier alpha value is -1.69. The standard InChI is InChI=1S/C15H13BrF3NO/c1-10-12(16)6-4-7-13(10)20-9-11-5-2-3-8-14(11)21-15(17,18)19/h2-8,20H,9H2,1H3. The highest BCUT2D eigenvalue weighted by molar-refractivity contribution is 9.10. The van der Waals surface area contributed by atoms with Crippen LogP contribution in [-0.2, 0) is 6.54 Å². The van der Waals surface area contributed by atoms with E-state index in [2.05, 4.69) is 26.0 Å². The van der Waals surface area contributed by atoms with E-state index in [9.17, 15) is 13.2 Å². The Bertz CT molecular complexity index is 629. The molecule has 0 amide bonds. The second-order valence-corrected chi connectivity index (χ2v) is 5.28. The average Bonchev–Trinajstić information content (AvgIpc) is 2.40. The van der Waals surface area contributed by atoms with Crippen molar-refractivity contribution >= 4 is 21.6 Å². The van der Waals surface area contributed by atoms with Crippen LogP contribution >= 0.6 is 15.9 Å². The lowest BCUT2D eigenvalue weighted by Crippen LogP contribution is -2.18. The molecule has 2 aromatic carbocycles. The number of hydrogen-bond acceptors (Lipinski definition) is 2.